The lowest BCUT2D eigenvalue weighted by atomic mass is 9.81. The van der Waals surface area contributed by atoms with Crippen LogP contribution in [0, 0.1) is 5.41 Å². The second kappa shape index (κ2) is 13.8. The highest BCUT2D eigenvalue weighted by Gasteiger charge is 2.36. The predicted octanol–water partition coefficient (Wildman–Crippen LogP) is 14.3. The maximum Gasteiger partial charge on any atom is 0.0729 e. The van der Waals surface area contributed by atoms with Gasteiger partial charge >= 0.3 is 0 Å². The molecule has 0 aliphatic heterocycles. The van der Waals surface area contributed by atoms with Crippen LogP contribution in [-0.2, 0) is 5.41 Å². The Morgan fingerprint density at radius 1 is 0.474 bits per heavy atom. The van der Waals surface area contributed by atoms with Gasteiger partial charge in [0.05, 0.1) is 11.4 Å². The van der Waals surface area contributed by atoms with E-state index in [1.807, 2.05) is 66.9 Å². The van der Waals surface area contributed by atoms with E-state index in [9.17, 15) is 5.41 Å². The van der Waals surface area contributed by atoms with Crippen LogP contribution in [0.25, 0.3) is 71.4 Å². The van der Waals surface area contributed by atoms with Crippen LogP contribution in [0.3, 0.4) is 0 Å². The highest BCUT2D eigenvalue weighted by atomic mass is 14.7. The molecule has 0 bridgehead atoms. The van der Waals surface area contributed by atoms with E-state index in [1.165, 1.54) is 44.2 Å². The molecule has 0 radical (unpaired) electrons. The van der Waals surface area contributed by atoms with Crippen LogP contribution in [0.2, 0.25) is 0 Å². The second-order valence-corrected chi connectivity index (χ2v) is 15.5. The summed E-state index contributed by atoms with van der Waals surface area (Å²) in [6.45, 7) is 4.72. The molecule has 0 heterocycles. The Morgan fingerprint density at radius 2 is 1.11 bits per heavy atom. The van der Waals surface area contributed by atoms with Gasteiger partial charge < -0.3 is 5.41 Å². The summed E-state index contributed by atoms with van der Waals surface area (Å²) in [6, 6.07) is 66.8. The van der Waals surface area contributed by atoms with E-state index >= 15 is 0 Å². The fraction of sp³-hybridized carbons (Fsp3) is 0.0545. The van der Waals surface area contributed by atoms with E-state index in [0.29, 0.717) is 5.71 Å². The minimum Gasteiger partial charge on any atom is -0.300 e. The van der Waals surface area contributed by atoms with Crippen LogP contribution in [-0.4, -0.2) is 11.9 Å². The summed E-state index contributed by atoms with van der Waals surface area (Å²) >= 11 is 0. The zero-order chi connectivity index (χ0) is 38.5. The first kappa shape index (κ1) is 34.3. The van der Waals surface area contributed by atoms with E-state index in [-0.39, 0.29) is 5.41 Å². The summed E-state index contributed by atoms with van der Waals surface area (Å²) in [5, 5.41) is 16.4. The van der Waals surface area contributed by atoms with Gasteiger partial charge in [0.25, 0.3) is 0 Å². The molecule has 0 aromatic heterocycles. The minimum absolute atomic E-state index is 0.105. The summed E-state index contributed by atoms with van der Waals surface area (Å²) in [5.41, 5.74) is 14.1. The van der Waals surface area contributed by atoms with Crippen molar-refractivity contribution in [3.05, 3.63) is 222 Å². The number of hydrogen-bond acceptors (Lipinski definition) is 2. The molecule has 0 saturated heterocycles. The summed E-state index contributed by atoms with van der Waals surface area (Å²) in [7, 11) is 0. The van der Waals surface area contributed by atoms with Crippen LogP contribution >= 0.6 is 0 Å². The molecule has 9 aromatic carbocycles. The lowest BCUT2D eigenvalue weighted by molar-refractivity contribution is 0.661. The minimum atomic E-state index is -0.105. The number of nitrogens with one attached hydrogen (secondary N) is 1. The van der Waals surface area contributed by atoms with Crippen LogP contribution in [0.5, 0.6) is 0 Å². The molecule has 270 valence electrons. The van der Waals surface area contributed by atoms with Gasteiger partial charge in [-0.25, -0.2) is 0 Å². The maximum absolute atomic E-state index is 9.36. The van der Waals surface area contributed by atoms with E-state index in [1.54, 1.807) is 0 Å². The van der Waals surface area contributed by atoms with Gasteiger partial charge in [0.15, 0.2) is 0 Å². The fourth-order valence-electron chi connectivity index (χ4n) is 8.87. The van der Waals surface area contributed by atoms with Gasteiger partial charge in [0.1, 0.15) is 0 Å². The average molecular weight is 729 g/mol. The Balaban J connectivity index is 1.06. The second-order valence-electron chi connectivity index (χ2n) is 15.5. The molecule has 0 spiro atoms. The topological polar surface area (TPSA) is 36.2 Å². The van der Waals surface area contributed by atoms with Gasteiger partial charge in [-0.05, 0) is 101 Å². The molecule has 0 atom stereocenters. The molecule has 57 heavy (non-hydrogen) atoms. The molecule has 0 saturated carbocycles. The number of hydrogen-bond donors (Lipinski definition) is 1. The van der Waals surface area contributed by atoms with E-state index < -0.39 is 0 Å². The normalized spacial score (nSPS) is 13.3. The lowest BCUT2D eigenvalue weighted by Crippen LogP contribution is -2.15. The number of nitrogens with zero attached hydrogens (tertiary/aromatic N) is 1. The van der Waals surface area contributed by atoms with E-state index in [0.717, 1.165) is 55.1 Å². The molecule has 0 unspecified atom stereocenters. The van der Waals surface area contributed by atoms with Crippen LogP contribution in [0.15, 0.2) is 199 Å². The third-order valence-electron chi connectivity index (χ3n) is 11.8. The average Bonchev–Trinajstić information content (AvgIpc) is 3.50. The highest BCUT2D eigenvalue weighted by molar-refractivity contribution is 6.18. The number of allylic oxidation sites excluding steroid dienone is 1. The van der Waals surface area contributed by atoms with Crippen molar-refractivity contribution in [2.24, 2.45) is 4.99 Å². The standard InChI is InChI=1S/C55H40N2/c1-55(2)50-31-27-38-17-7-9-22-44(38)54(50)49-28-26-40(33-51(49)55)39-19-12-20-41(32-39)43-29-30-48(46-24-11-10-23-45(43)46)53(57-35-36-14-4-3-5-15-36)34-52(56)47-25-13-18-37-16-6-8-21-42(37)47/h3-35,56H,1-2H3/b53-34-,56-52?,57-35?. The van der Waals surface area contributed by atoms with Gasteiger partial charge in [0.2, 0.25) is 0 Å². The largest absolute Gasteiger partial charge is 0.300 e. The van der Waals surface area contributed by atoms with Crippen LogP contribution in [0.4, 0.5) is 0 Å². The molecule has 2 heteroatoms. The molecule has 1 N–H and O–H groups in total. The predicted molar refractivity (Wildman–Crippen MR) is 243 cm³/mol. The molecular weight excluding hydrogens is 689 g/mol. The molecule has 9 aromatic rings. The molecule has 1 aliphatic carbocycles. The zero-order valence-electron chi connectivity index (χ0n) is 32.0. The first-order valence-electron chi connectivity index (χ1n) is 19.6. The van der Waals surface area contributed by atoms with Crippen molar-refractivity contribution in [3.8, 4) is 33.4 Å². The van der Waals surface area contributed by atoms with Crippen LogP contribution in [0.1, 0.15) is 41.7 Å². The Hall–Kier alpha value is -7.16. The summed E-state index contributed by atoms with van der Waals surface area (Å²) in [6.07, 6.45) is 3.81. The van der Waals surface area contributed by atoms with Crippen molar-refractivity contribution in [1.29, 1.82) is 5.41 Å². The molecule has 0 fully saturated rings. The molecular formula is C55H40N2. The Bertz CT molecular complexity index is 3100. The van der Waals surface area contributed by atoms with Crippen molar-refractivity contribution in [2.45, 2.75) is 19.3 Å². The monoisotopic (exact) mass is 728 g/mol. The zero-order valence-corrected chi connectivity index (χ0v) is 32.0. The van der Waals surface area contributed by atoms with Gasteiger partial charge in [-0.15, -0.1) is 0 Å². The third kappa shape index (κ3) is 5.98. The Labute approximate surface area is 333 Å². The quantitative estimate of drug-likeness (QED) is 0.159. The Kier molecular flexibility index (Phi) is 8.34. The molecule has 10 rings (SSSR count). The third-order valence-corrected chi connectivity index (χ3v) is 11.8. The SMILES string of the molecule is CC1(C)c2cc(-c3cccc(-c4ccc(/C(=C/C(=N)c5cccc6ccccc56)N=Cc5ccccc5)c5ccccc45)c3)ccc2-c2c1ccc1ccccc21. The first-order valence-corrected chi connectivity index (χ1v) is 19.6. The highest BCUT2D eigenvalue weighted by Crippen LogP contribution is 2.52. The number of benzene rings is 9. The Morgan fingerprint density at radius 3 is 1.93 bits per heavy atom. The van der Waals surface area contributed by atoms with Crippen molar-refractivity contribution >= 4 is 49.9 Å². The fourth-order valence-corrected chi connectivity index (χ4v) is 8.87. The van der Waals surface area contributed by atoms with E-state index in [4.69, 9.17) is 4.99 Å². The van der Waals surface area contributed by atoms with Crippen molar-refractivity contribution in [3.63, 3.8) is 0 Å². The van der Waals surface area contributed by atoms with Crippen molar-refractivity contribution in [2.75, 3.05) is 0 Å². The smallest absolute Gasteiger partial charge is 0.0729 e. The summed E-state index contributed by atoms with van der Waals surface area (Å²) in [4.78, 5) is 5.08. The first-order chi connectivity index (χ1) is 27.9. The summed E-state index contributed by atoms with van der Waals surface area (Å²) < 4.78 is 0. The number of aliphatic imine (C=N–C) groups is 1. The van der Waals surface area contributed by atoms with Gasteiger partial charge in [-0.3, -0.25) is 4.99 Å². The summed E-state index contributed by atoms with van der Waals surface area (Å²) in [5.74, 6) is 0. The van der Waals surface area contributed by atoms with Crippen molar-refractivity contribution in [1.82, 2.24) is 0 Å². The molecule has 0 amide bonds. The van der Waals surface area contributed by atoms with E-state index in [2.05, 4.69) is 147 Å². The van der Waals surface area contributed by atoms with Gasteiger partial charge in [0, 0.05) is 22.8 Å². The maximum atomic E-state index is 9.36. The van der Waals surface area contributed by atoms with Crippen molar-refractivity contribution < 1.29 is 0 Å². The number of fused-ring (bicyclic) bond motifs is 7. The van der Waals surface area contributed by atoms with Gasteiger partial charge in [-0.2, -0.15) is 0 Å². The lowest BCUT2D eigenvalue weighted by Gasteiger charge is -2.22. The molecule has 1 aliphatic rings. The van der Waals surface area contributed by atoms with Crippen LogP contribution < -0.4 is 0 Å². The van der Waals surface area contributed by atoms with Gasteiger partial charge in [-0.1, -0.05) is 190 Å². The number of rotatable bonds is 7. The molecule has 2 nitrogen and oxygen atoms in total.